The lowest BCUT2D eigenvalue weighted by molar-refractivity contribution is -0.130. The van der Waals surface area contributed by atoms with E-state index < -0.39 is 0 Å². The molecule has 1 heterocycles. The first kappa shape index (κ1) is 23.6. The third kappa shape index (κ3) is 4.70. The molecule has 5 nitrogen and oxygen atoms in total. The molecule has 0 aliphatic rings. The first-order valence-corrected chi connectivity index (χ1v) is 11.6. The molecule has 34 heavy (non-hydrogen) atoms. The Labute approximate surface area is 204 Å². The van der Waals surface area contributed by atoms with Crippen LogP contribution in [0.15, 0.2) is 72.8 Å². The Morgan fingerprint density at radius 1 is 1.00 bits per heavy atom. The van der Waals surface area contributed by atoms with E-state index in [9.17, 15) is 9.59 Å². The Morgan fingerprint density at radius 3 is 2.35 bits per heavy atom. The third-order valence-electron chi connectivity index (χ3n) is 6.11. The number of nitrogens with zero attached hydrogens (tertiary/aromatic N) is 2. The molecule has 0 saturated heterocycles. The van der Waals surface area contributed by atoms with Crippen LogP contribution < -0.4 is 4.74 Å². The van der Waals surface area contributed by atoms with Crippen molar-refractivity contribution in [3.8, 4) is 5.75 Å². The van der Waals surface area contributed by atoms with E-state index in [2.05, 4.69) is 0 Å². The Hall–Kier alpha value is -3.57. The van der Waals surface area contributed by atoms with E-state index in [1.807, 2.05) is 67.3 Å². The molecule has 174 valence electrons. The quantitative estimate of drug-likeness (QED) is 0.335. The van der Waals surface area contributed by atoms with Gasteiger partial charge in [-0.15, -0.1) is 0 Å². The Bertz CT molecular complexity index is 1330. The van der Waals surface area contributed by atoms with Crippen molar-refractivity contribution in [1.29, 1.82) is 0 Å². The average Bonchev–Trinajstić information content (AvgIpc) is 3.13. The van der Waals surface area contributed by atoms with Crippen molar-refractivity contribution in [1.82, 2.24) is 9.47 Å². The molecule has 0 radical (unpaired) electrons. The minimum Gasteiger partial charge on any atom is -0.497 e. The van der Waals surface area contributed by atoms with Gasteiger partial charge in [0.2, 0.25) is 5.91 Å². The molecule has 1 aromatic heterocycles. The van der Waals surface area contributed by atoms with Crippen LogP contribution in [0.1, 0.15) is 34.1 Å². The predicted molar refractivity (Wildman–Crippen MR) is 136 cm³/mol. The van der Waals surface area contributed by atoms with Gasteiger partial charge in [0.15, 0.2) is 0 Å². The van der Waals surface area contributed by atoms with E-state index in [1.165, 1.54) is 0 Å². The Morgan fingerprint density at radius 2 is 1.71 bits per heavy atom. The van der Waals surface area contributed by atoms with Gasteiger partial charge in [0, 0.05) is 34.8 Å². The monoisotopic (exact) mass is 474 g/mol. The minimum absolute atomic E-state index is 0.00950. The SMILES string of the molecule is CCN(Cc1ccccc1)C(=O)Cc1c(C)n(C(=O)c2ccc(Cl)cc2)c2ccc(OC)cc12. The van der Waals surface area contributed by atoms with Gasteiger partial charge in [0.05, 0.1) is 19.0 Å². The maximum absolute atomic E-state index is 13.5. The number of methoxy groups -OCH3 is 1. The number of likely N-dealkylation sites (N-methyl/N-ethyl adjacent to an activating group) is 1. The molecule has 0 aliphatic carbocycles. The lowest BCUT2D eigenvalue weighted by Crippen LogP contribution is -2.31. The number of carbonyl (C=O) groups excluding carboxylic acids is 2. The summed E-state index contributed by atoms with van der Waals surface area (Å²) >= 11 is 6.01. The summed E-state index contributed by atoms with van der Waals surface area (Å²) in [6.07, 6.45) is 0.192. The number of hydrogen-bond donors (Lipinski definition) is 0. The molecule has 0 unspecified atom stereocenters. The van der Waals surface area contributed by atoms with Crippen molar-refractivity contribution in [2.45, 2.75) is 26.8 Å². The van der Waals surface area contributed by atoms with Crippen LogP contribution in [0.3, 0.4) is 0 Å². The molecular formula is C28H27ClN2O3. The fourth-order valence-electron chi connectivity index (χ4n) is 4.24. The second-order valence-electron chi connectivity index (χ2n) is 8.16. The molecule has 1 amide bonds. The highest BCUT2D eigenvalue weighted by atomic mass is 35.5. The minimum atomic E-state index is -0.167. The van der Waals surface area contributed by atoms with Gasteiger partial charge in [-0.05, 0) is 67.4 Å². The lowest BCUT2D eigenvalue weighted by Gasteiger charge is -2.21. The Kier molecular flexibility index (Phi) is 7.03. The normalized spacial score (nSPS) is 10.9. The summed E-state index contributed by atoms with van der Waals surface area (Å²) in [7, 11) is 1.60. The second-order valence-corrected chi connectivity index (χ2v) is 8.60. The van der Waals surface area contributed by atoms with E-state index in [0.29, 0.717) is 29.4 Å². The van der Waals surface area contributed by atoms with Gasteiger partial charge in [0.1, 0.15) is 5.75 Å². The molecule has 0 bridgehead atoms. The smallest absolute Gasteiger partial charge is 0.262 e. The van der Waals surface area contributed by atoms with Gasteiger partial charge in [-0.2, -0.15) is 0 Å². The van der Waals surface area contributed by atoms with E-state index in [0.717, 1.165) is 27.7 Å². The van der Waals surface area contributed by atoms with Crippen LogP contribution in [0.25, 0.3) is 10.9 Å². The number of ether oxygens (including phenoxy) is 1. The molecule has 0 atom stereocenters. The summed E-state index contributed by atoms with van der Waals surface area (Å²) in [6, 6.07) is 22.3. The van der Waals surface area contributed by atoms with Crippen LogP contribution in [0.5, 0.6) is 5.75 Å². The van der Waals surface area contributed by atoms with Crippen molar-refractivity contribution < 1.29 is 14.3 Å². The lowest BCUT2D eigenvalue weighted by atomic mass is 10.1. The van der Waals surface area contributed by atoms with E-state index >= 15 is 0 Å². The molecule has 0 aliphatic heterocycles. The van der Waals surface area contributed by atoms with Crippen LogP contribution in [-0.4, -0.2) is 34.9 Å². The van der Waals surface area contributed by atoms with Crippen molar-refractivity contribution in [3.63, 3.8) is 0 Å². The molecule has 3 aromatic carbocycles. The highest BCUT2D eigenvalue weighted by molar-refractivity contribution is 6.30. The topological polar surface area (TPSA) is 51.5 Å². The van der Waals surface area contributed by atoms with Gasteiger partial charge in [-0.3, -0.25) is 14.2 Å². The maximum Gasteiger partial charge on any atom is 0.262 e. The third-order valence-corrected chi connectivity index (χ3v) is 6.37. The molecule has 6 heteroatoms. The fraction of sp³-hybridized carbons (Fsp3) is 0.214. The van der Waals surface area contributed by atoms with Crippen LogP contribution in [0.4, 0.5) is 0 Å². The first-order valence-electron chi connectivity index (χ1n) is 11.2. The zero-order chi connectivity index (χ0) is 24.2. The van der Waals surface area contributed by atoms with Crippen molar-refractivity contribution in [3.05, 3.63) is 100 Å². The summed E-state index contributed by atoms with van der Waals surface area (Å²) in [5, 5.41) is 1.41. The van der Waals surface area contributed by atoms with Gasteiger partial charge < -0.3 is 9.64 Å². The highest BCUT2D eigenvalue weighted by Gasteiger charge is 2.23. The Balaban J connectivity index is 1.74. The van der Waals surface area contributed by atoms with Gasteiger partial charge >= 0.3 is 0 Å². The van der Waals surface area contributed by atoms with Crippen molar-refractivity contribution >= 4 is 34.3 Å². The standard InChI is InChI=1S/C28H27ClN2O3/c1-4-30(18-20-8-6-5-7-9-20)27(32)17-24-19(2)31(26-15-14-23(34-3)16-25(24)26)28(33)21-10-12-22(29)13-11-21/h5-16H,4,17-18H2,1-3H3. The number of fused-ring (bicyclic) bond motifs is 1. The molecule has 0 N–H and O–H groups in total. The van der Waals surface area contributed by atoms with Crippen molar-refractivity contribution in [2.24, 2.45) is 0 Å². The van der Waals surface area contributed by atoms with Crippen LogP contribution >= 0.6 is 11.6 Å². The average molecular weight is 475 g/mol. The molecule has 4 rings (SSSR count). The summed E-state index contributed by atoms with van der Waals surface area (Å²) in [5.74, 6) is 0.517. The maximum atomic E-state index is 13.5. The number of rotatable bonds is 7. The second kappa shape index (κ2) is 10.1. The molecule has 4 aromatic rings. The van der Waals surface area contributed by atoms with Gasteiger partial charge in [-0.25, -0.2) is 0 Å². The predicted octanol–water partition coefficient (Wildman–Crippen LogP) is 5.89. The largest absolute Gasteiger partial charge is 0.497 e. The number of aromatic nitrogens is 1. The van der Waals surface area contributed by atoms with Crippen LogP contribution in [-0.2, 0) is 17.8 Å². The molecule has 0 spiro atoms. The summed E-state index contributed by atoms with van der Waals surface area (Å²) in [5.41, 5.74) is 3.92. The number of amides is 1. The van der Waals surface area contributed by atoms with Crippen molar-refractivity contribution in [2.75, 3.05) is 13.7 Å². The molecule has 0 saturated carbocycles. The molecular weight excluding hydrogens is 448 g/mol. The summed E-state index contributed by atoms with van der Waals surface area (Å²) < 4.78 is 7.11. The fourth-order valence-corrected chi connectivity index (χ4v) is 4.36. The zero-order valence-electron chi connectivity index (χ0n) is 19.5. The number of hydrogen-bond acceptors (Lipinski definition) is 3. The van der Waals surface area contributed by atoms with E-state index in [-0.39, 0.29) is 18.2 Å². The van der Waals surface area contributed by atoms with Crippen LogP contribution in [0, 0.1) is 6.92 Å². The number of halogens is 1. The highest BCUT2D eigenvalue weighted by Crippen LogP contribution is 2.31. The van der Waals surface area contributed by atoms with E-state index in [1.54, 1.807) is 35.9 Å². The first-order chi connectivity index (χ1) is 16.4. The van der Waals surface area contributed by atoms with Gasteiger partial charge in [-0.1, -0.05) is 41.9 Å². The number of benzene rings is 3. The number of carbonyl (C=O) groups is 2. The van der Waals surface area contributed by atoms with Gasteiger partial charge in [0.25, 0.3) is 5.91 Å². The summed E-state index contributed by atoms with van der Waals surface area (Å²) in [4.78, 5) is 28.7. The van der Waals surface area contributed by atoms with Crippen LogP contribution in [0.2, 0.25) is 5.02 Å². The summed E-state index contributed by atoms with van der Waals surface area (Å²) in [6.45, 7) is 5.00. The zero-order valence-corrected chi connectivity index (χ0v) is 20.3. The molecule has 0 fully saturated rings. The van der Waals surface area contributed by atoms with E-state index in [4.69, 9.17) is 16.3 Å².